The van der Waals surface area contributed by atoms with Crippen LogP contribution in [0.4, 0.5) is 0 Å². The van der Waals surface area contributed by atoms with Gasteiger partial charge in [-0.15, -0.1) is 0 Å². The summed E-state index contributed by atoms with van der Waals surface area (Å²) in [5, 5.41) is 2.98. The maximum atomic E-state index is 12.4. The van der Waals surface area contributed by atoms with E-state index in [9.17, 15) is 9.59 Å². The quantitative estimate of drug-likeness (QED) is 0.833. The molecule has 23 heavy (non-hydrogen) atoms. The fraction of sp³-hybridized carbons (Fsp3) is 0.500. The Hall–Kier alpha value is -1.95. The number of amides is 1. The van der Waals surface area contributed by atoms with Gasteiger partial charge in [0.25, 0.3) is 5.91 Å². The van der Waals surface area contributed by atoms with Crippen molar-refractivity contribution in [2.75, 3.05) is 20.3 Å². The molecule has 1 aliphatic heterocycles. The number of nitrogens with one attached hydrogen (secondary N) is 1. The molecule has 1 N–H and O–H groups in total. The summed E-state index contributed by atoms with van der Waals surface area (Å²) in [5.41, 5.74) is 0.303. The first-order valence-corrected chi connectivity index (χ1v) is 7.78. The monoisotopic (exact) mass is 341 g/mol. The Bertz CT molecular complexity index is 602. The van der Waals surface area contributed by atoms with Crippen molar-refractivity contribution in [1.29, 1.82) is 0 Å². The van der Waals surface area contributed by atoms with E-state index in [0.29, 0.717) is 41.7 Å². The lowest BCUT2D eigenvalue weighted by atomic mass is 10.0. The molecule has 1 amide bonds. The van der Waals surface area contributed by atoms with Crippen LogP contribution in [0.2, 0.25) is 5.02 Å². The molecule has 0 saturated carbocycles. The zero-order chi connectivity index (χ0) is 17.0. The minimum atomic E-state index is -0.709. The van der Waals surface area contributed by atoms with Gasteiger partial charge in [0.05, 0.1) is 12.1 Å². The van der Waals surface area contributed by atoms with Gasteiger partial charge in [-0.25, -0.2) is 4.79 Å². The molecule has 2 rings (SSSR count). The van der Waals surface area contributed by atoms with E-state index in [0.717, 1.165) is 0 Å². The Morgan fingerprint density at radius 1 is 1.30 bits per heavy atom. The molecule has 126 valence electrons. The molecule has 1 aromatic carbocycles. The van der Waals surface area contributed by atoms with E-state index in [4.69, 9.17) is 25.8 Å². The highest BCUT2D eigenvalue weighted by Gasteiger charge is 2.25. The largest absolute Gasteiger partial charge is 0.486 e. The molecule has 0 aromatic heterocycles. The molecule has 1 atom stereocenters. The third-order valence-electron chi connectivity index (χ3n) is 3.36. The number of halogens is 1. The molecule has 7 heteroatoms. The number of ether oxygens (including phenoxy) is 3. The maximum Gasteiger partial charge on any atom is 0.328 e. The van der Waals surface area contributed by atoms with Crippen molar-refractivity contribution in [3.8, 4) is 11.5 Å². The maximum absolute atomic E-state index is 12.4. The van der Waals surface area contributed by atoms with Crippen molar-refractivity contribution >= 4 is 23.5 Å². The van der Waals surface area contributed by atoms with Gasteiger partial charge in [-0.3, -0.25) is 4.79 Å². The number of fused-ring (bicyclic) bond motifs is 1. The number of hydrogen-bond acceptors (Lipinski definition) is 5. The summed E-state index contributed by atoms with van der Waals surface area (Å²) in [6.07, 6.45) is 0.483. The predicted molar refractivity (Wildman–Crippen MR) is 85.2 cm³/mol. The average Bonchev–Trinajstić information content (AvgIpc) is 2.53. The summed E-state index contributed by atoms with van der Waals surface area (Å²) in [4.78, 5) is 24.2. The van der Waals surface area contributed by atoms with Crippen LogP contribution in [0.25, 0.3) is 0 Å². The van der Waals surface area contributed by atoms with Crippen molar-refractivity contribution in [2.45, 2.75) is 26.3 Å². The minimum absolute atomic E-state index is 0.225. The molecule has 0 bridgehead atoms. The van der Waals surface area contributed by atoms with Crippen LogP contribution in [-0.2, 0) is 9.53 Å². The predicted octanol–water partition coefficient (Wildman–Crippen LogP) is 2.43. The SMILES string of the molecule is COC(=O)C(CC(C)C)NC(=O)c1cc(Cl)c2c(c1)OCCO2. The molecule has 1 heterocycles. The molecule has 0 fully saturated rings. The van der Waals surface area contributed by atoms with Crippen molar-refractivity contribution in [1.82, 2.24) is 5.32 Å². The average molecular weight is 342 g/mol. The number of benzene rings is 1. The van der Waals surface area contributed by atoms with Crippen LogP contribution in [0.5, 0.6) is 11.5 Å². The highest BCUT2D eigenvalue weighted by Crippen LogP contribution is 2.38. The zero-order valence-electron chi connectivity index (χ0n) is 13.3. The van der Waals surface area contributed by atoms with E-state index in [1.54, 1.807) is 6.07 Å². The molecule has 0 saturated heterocycles. The van der Waals surface area contributed by atoms with Crippen LogP contribution in [0.3, 0.4) is 0 Å². The van der Waals surface area contributed by atoms with Gasteiger partial charge in [0.2, 0.25) is 0 Å². The topological polar surface area (TPSA) is 73.9 Å². The van der Waals surface area contributed by atoms with Crippen LogP contribution in [0.15, 0.2) is 12.1 Å². The number of hydrogen-bond donors (Lipinski definition) is 1. The van der Waals surface area contributed by atoms with E-state index in [-0.39, 0.29) is 5.92 Å². The van der Waals surface area contributed by atoms with Crippen molar-refractivity contribution in [3.05, 3.63) is 22.7 Å². The van der Waals surface area contributed by atoms with Gasteiger partial charge >= 0.3 is 5.97 Å². The standard InChI is InChI=1S/C16H20ClNO5/c1-9(2)6-12(16(20)21-3)18-15(19)10-7-11(17)14-13(8-10)22-4-5-23-14/h7-9,12H,4-6H2,1-3H3,(H,18,19). The smallest absolute Gasteiger partial charge is 0.328 e. The minimum Gasteiger partial charge on any atom is -0.486 e. The first-order valence-electron chi connectivity index (χ1n) is 7.40. The summed E-state index contributed by atoms with van der Waals surface area (Å²) in [6.45, 7) is 4.73. The second kappa shape index (κ2) is 7.55. The number of carbonyl (C=O) groups is 2. The Balaban J connectivity index is 2.18. The number of methoxy groups -OCH3 is 1. The Kier molecular flexibility index (Phi) is 5.71. The third kappa shape index (κ3) is 4.28. The summed E-state index contributed by atoms with van der Waals surface area (Å²) in [6, 6.07) is 2.34. The third-order valence-corrected chi connectivity index (χ3v) is 3.64. The lowest BCUT2D eigenvalue weighted by Gasteiger charge is -2.21. The van der Waals surface area contributed by atoms with Gasteiger partial charge in [-0.2, -0.15) is 0 Å². The Morgan fingerprint density at radius 3 is 2.65 bits per heavy atom. The van der Waals surface area contributed by atoms with Crippen molar-refractivity contribution < 1.29 is 23.8 Å². The van der Waals surface area contributed by atoms with Crippen LogP contribution >= 0.6 is 11.6 Å². The summed E-state index contributed by atoms with van der Waals surface area (Å²) >= 11 is 6.13. The molecule has 0 spiro atoms. The Labute approximate surface area is 140 Å². The van der Waals surface area contributed by atoms with Gasteiger partial charge < -0.3 is 19.5 Å². The van der Waals surface area contributed by atoms with Gasteiger partial charge in [0.1, 0.15) is 19.3 Å². The molecule has 1 unspecified atom stereocenters. The van der Waals surface area contributed by atoms with E-state index in [2.05, 4.69) is 5.32 Å². The van der Waals surface area contributed by atoms with Crippen molar-refractivity contribution in [2.24, 2.45) is 5.92 Å². The van der Waals surface area contributed by atoms with E-state index in [1.807, 2.05) is 13.8 Å². The fourth-order valence-corrected chi connectivity index (χ4v) is 2.58. The van der Waals surface area contributed by atoms with E-state index >= 15 is 0 Å². The van der Waals surface area contributed by atoms with Gasteiger partial charge in [-0.1, -0.05) is 25.4 Å². The van der Waals surface area contributed by atoms with E-state index in [1.165, 1.54) is 13.2 Å². The second-order valence-electron chi connectivity index (χ2n) is 5.66. The first kappa shape index (κ1) is 17.4. The molecule has 1 aliphatic rings. The number of carbonyl (C=O) groups excluding carboxylic acids is 2. The molecule has 0 aliphatic carbocycles. The molecule has 6 nitrogen and oxygen atoms in total. The summed E-state index contributed by atoms with van der Waals surface area (Å²) in [5.74, 6) is 0.187. The second-order valence-corrected chi connectivity index (χ2v) is 6.07. The lowest BCUT2D eigenvalue weighted by Crippen LogP contribution is -2.42. The molecule has 0 radical (unpaired) electrons. The zero-order valence-corrected chi connectivity index (χ0v) is 14.1. The molecular formula is C16H20ClNO5. The first-order chi connectivity index (χ1) is 10.9. The van der Waals surface area contributed by atoms with Crippen LogP contribution in [-0.4, -0.2) is 38.2 Å². The number of rotatable bonds is 5. The van der Waals surface area contributed by atoms with Crippen LogP contribution in [0, 0.1) is 5.92 Å². The van der Waals surface area contributed by atoms with Crippen LogP contribution in [0.1, 0.15) is 30.6 Å². The van der Waals surface area contributed by atoms with E-state index < -0.39 is 17.9 Å². The Morgan fingerprint density at radius 2 is 2.00 bits per heavy atom. The molecular weight excluding hydrogens is 322 g/mol. The van der Waals surface area contributed by atoms with Crippen LogP contribution < -0.4 is 14.8 Å². The number of esters is 1. The molecule has 1 aromatic rings. The summed E-state index contributed by atoms with van der Waals surface area (Å²) < 4.78 is 15.6. The lowest BCUT2D eigenvalue weighted by molar-refractivity contribution is -0.143. The van der Waals surface area contributed by atoms with Crippen molar-refractivity contribution in [3.63, 3.8) is 0 Å². The van der Waals surface area contributed by atoms with Gasteiger partial charge in [0, 0.05) is 5.56 Å². The highest BCUT2D eigenvalue weighted by atomic mass is 35.5. The van der Waals surface area contributed by atoms with Gasteiger partial charge in [-0.05, 0) is 24.5 Å². The highest BCUT2D eigenvalue weighted by molar-refractivity contribution is 6.32. The van der Waals surface area contributed by atoms with Gasteiger partial charge in [0.15, 0.2) is 11.5 Å². The summed E-state index contributed by atoms with van der Waals surface area (Å²) in [7, 11) is 1.29. The fourth-order valence-electron chi connectivity index (χ4n) is 2.31. The normalized spacial score (nSPS) is 14.3.